The summed E-state index contributed by atoms with van der Waals surface area (Å²) in [6.45, 7) is 5.98. The van der Waals surface area contributed by atoms with Gasteiger partial charge < -0.3 is 10.1 Å². The van der Waals surface area contributed by atoms with Crippen LogP contribution in [0.2, 0.25) is 0 Å². The van der Waals surface area contributed by atoms with Gasteiger partial charge in [0.2, 0.25) is 15.9 Å². The zero-order chi connectivity index (χ0) is 21.1. The molecule has 0 saturated carbocycles. The lowest BCUT2D eigenvalue weighted by atomic mass is 9.96. The molecule has 1 aromatic carbocycles. The van der Waals surface area contributed by atoms with Crippen molar-refractivity contribution in [1.82, 2.24) is 9.62 Å². The third kappa shape index (κ3) is 5.60. The minimum absolute atomic E-state index is 0.000608. The number of carbonyl (C=O) groups is 1. The molecule has 10 heteroatoms. The van der Waals surface area contributed by atoms with Gasteiger partial charge in [0.15, 0.2) is 0 Å². The Bertz CT molecular complexity index is 788. The monoisotopic (exact) mass is 422 g/mol. The van der Waals surface area contributed by atoms with Crippen LogP contribution in [0.5, 0.6) is 5.75 Å². The molecule has 0 aromatic heterocycles. The first-order valence-corrected chi connectivity index (χ1v) is 10.5. The van der Waals surface area contributed by atoms with Crippen LogP contribution < -0.4 is 10.1 Å². The number of nitrogens with one attached hydrogen (secondary N) is 1. The number of nitrogens with zero attached hydrogens (tertiary/aromatic N) is 1. The predicted octanol–water partition coefficient (Wildman–Crippen LogP) is 3.15. The number of benzene rings is 1. The third-order valence-electron chi connectivity index (χ3n) is 4.89. The molecule has 1 amide bonds. The molecule has 0 aliphatic carbocycles. The highest BCUT2D eigenvalue weighted by molar-refractivity contribution is 7.89. The number of sulfonamides is 1. The van der Waals surface area contributed by atoms with Crippen molar-refractivity contribution in [3.8, 4) is 5.75 Å². The van der Waals surface area contributed by atoms with Crippen molar-refractivity contribution >= 4 is 15.9 Å². The number of amides is 1. The van der Waals surface area contributed by atoms with Crippen LogP contribution >= 0.6 is 0 Å². The average Bonchev–Trinajstić information content (AvgIpc) is 2.60. The van der Waals surface area contributed by atoms with E-state index < -0.39 is 27.0 Å². The zero-order valence-corrected chi connectivity index (χ0v) is 16.8. The summed E-state index contributed by atoms with van der Waals surface area (Å²) in [6.07, 6.45) is -4.39. The molecule has 1 fully saturated rings. The van der Waals surface area contributed by atoms with Crippen LogP contribution in [0.4, 0.5) is 13.2 Å². The number of piperidine rings is 1. The van der Waals surface area contributed by atoms with E-state index in [0.717, 1.165) is 16.4 Å². The standard InChI is InChI=1S/C18H25F3N2O4S/c1-12(2)13(3)22-17(24)14-8-10-23(11-9-14)28(25,26)16-7-5-4-6-15(16)27-18(19,20)21/h4-7,12-14H,8-11H2,1-3H3,(H,22,24). The van der Waals surface area contributed by atoms with E-state index in [1.54, 1.807) is 0 Å². The first kappa shape index (κ1) is 22.5. The summed E-state index contributed by atoms with van der Waals surface area (Å²) in [6, 6.07) is 4.66. The van der Waals surface area contributed by atoms with Crippen LogP contribution in [0.1, 0.15) is 33.6 Å². The first-order valence-electron chi connectivity index (χ1n) is 9.07. The van der Waals surface area contributed by atoms with Crippen LogP contribution in [0, 0.1) is 11.8 Å². The molecule has 1 aliphatic heterocycles. The zero-order valence-electron chi connectivity index (χ0n) is 16.0. The van der Waals surface area contributed by atoms with Gasteiger partial charge in [-0.15, -0.1) is 13.2 Å². The van der Waals surface area contributed by atoms with Crippen LogP contribution in [0.15, 0.2) is 29.2 Å². The smallest absolute Gasteiger partial charge is 0.404 e. The summed E-state index contributed by atoms with van der Waals surface area (Å²) in [5.74, 6) is -0.941. The van der Waals surface area contributed by atoms with Gasteiger partial charge in [-0.3, -0.25) is 4.79 Å². The highest BCUT2D eigenvalue weighted by Crippen LogP contribution is 2.33. The Kier molecular flexibility index (Phi) is 6.97. The van der Waals surface area contributed by atoms with Crippen molar-refractivity contribution in [2.24, 2.45) is 11.8 Å². The van der Waals surface area contributed by atoms with Crippen molar-refractivity contribution in [3.05, 3.63) is 24.3 Å². The molecule has 1 aliphatic rings. The highest BCUT2D eigenvalue weighted by atomic mass is 32.2. The van der Waals surface area contributed by atoms with Gasteiger partial charge in [0.05, 0.1) is 0 Å². The Morgan fingerprint density at radius 3 is 2.29 bits per heavy atom. The van der Waals surface area contributed by atoms with E-state index in [9.17, 15) is 26.4 Å². The molecule has 1 N–H and O–H groups in total. The number of rotatable bonds is 6. The minimum atomic E-state index is -5.00. The molecule has 6 nitrogen and oxygen atoms in total. The van der Waals surface area contributed by atoms with Crippen LogP contribution in [-0.4, -0.2) is 44.1 Å². The summed E-state index contributed by atoms with van der Waals surface area (Å²) in [5.41, 5.74) is 0. The van der Waals surface area contributed by atoms with Gasteiger partial charge in [0.25, 0.3) is 0 Å². The van der Waals surface area contributed by atoms with Gasteiger partial charge in [0, 0.05) is 25.0 Å². The Labute approximate surface area is 163 Å². The molecule has 0 spiro atoms. The lowest BCUT2D eigenvalue weighted by molar-refractivity contribution is -0.275. The molecule has 1 heterocycles. The number of hydrogen-bond acceptors (Lipinski definition) is 4. The fourth-order valence-electron chi connectivity index (χ4n) is 2.88. The quantitative estimate of drug-likeness (QED) is 0.764. The van der Waals surface area contributed by atoms with Crippen molar-refractivity contribution in [2.45, 2.75) is 50.9 Å². The van der Waals surface area contributed by atoms with E-state index in [1.165, 1.54) is 12.1 Å². The Morgan fingerprint density at radius 2 is 1.75 bits per heavy atom. The Balaban J connectivity index is 2.09. The summed E-state index contributed by atoms with van der Waals surface area (Å²) in [5, 5.41) is 2.92. The van der Waals surface area contributed by atoms with Crippen molar-refractivity contribution in [3.63, 3.8) is 0 Å². The molecule has 1 atom stereocenters. The van der Waals surface area contributed by atoms with Gasteiger partial charge in [0.1, 0.15) is 10.6 Å². The van der Waals surface area contributed by atoms with Gasteiger partial charge in [-0.05, 0) is 37.8 Å². The van der Waals surface area contributed by atoms with Crippen molar-refractivity contribution < 1.29 is 31.1 Å². The van der Waals surface area contributed by atoms with Gasteiger partial charge >= 0.3 is 6.36 Å². The van der Waals surface area contributed by atoms with E-state index in [1.807, 2.05) is 20.8 Å². The number of halogens is 3. The number of ether oxygens (including phenoxy) is 1. The molecule has 1 saturated heterocycles. The maximum absolute atomic E-state index is 12.8. The molecule has 1 unspecified atom stereocenters. The molecule has 1 aromatic rings. The summed E-state index contributed by atoms with van der Waals surface area (Å²) in [4.78, 5) is 11.8. The van der Waals surface area contributed by atoms with Gasteiger partial charge in [-0.2, -0.15) is 4.31 Å². The van der Waals surface area contributed by atoms with E-state index in [2.05, 4.69) is 10.1 Å². The molecule has 28 heavy (non-hydrogen) atoms. The van der Waals surface area contributed by atoms with Crippen LogP contribution in [-0.2, 0) is 14.8 Å². The maximum atomic E-state index is 12.8. The highest BCUT2D eigenvalue weighted by Gasteiger charge is 2.37. The summed E-state index contributed by atoms with van der Waals surface area (Å²) >= 11 is 0. The number of para-hydroxylation sites is 1. The average molecular weight is 422 g/mol. The fourth-order valence-corrected chi connectivity index (χ4v) is 4.46. The summed E-state index contributed by atoms with van der Waals surface area (Å²) in [7, 11) is -4.17. The number of carbonyl (C=O) groups excluding carboxylic acids is 1. The molecular formula is C18H25F3N2O4S. The SMILES string of the molecule is CC(C)C(C)NC(=O)C1CCN(S(=O)(=O)c2ccccc2OC(F)(F)F)CC1. The van der Waals surface area contributed by atoms with E-state index in [4.69, 9.17) is 0 Å². The minimum Gasteiger partial charge on any atom is -0.404 e. The molecule has 0 radical (unpaired) electrons. The second-order valence-corrected chi connectivity index (χ2v) is 9.12. The number of alkyl halides is 3. The first-order chi connectivity index (χ1) is 12.9. The molecule has 0 bridgehead atoms. The normalized spacial score (nSPS) is 18.1. The van der Waals surface area contributed by atoms with Crippen molar-refractivity contribution in [1.29, 1.82) is 0 Å². The Hall–Kier alpha value is -1.81. The van der Waals surface area contributed by atoms with E-state index >= 15 is 0 Å². The van der Waals surface area contributed by atoms with Crippen LogP contribution in [0.25, 0.3) is 0 Å². The largest absolute Gasteiger partial charge is 0.573 e. The molecule has 2 rings (SSSR count). The molecular weight excluding hydrogens is 397 g/mol. The fraction of sp³-hybridized carbons (Fsp3) is 0.611. The van der Waals surface area contributed by atoms with Crippen molar-refractivity contribution in [2.75, 3.05) is 13.1 Å². The van der Waals surface area contributed by atoms with Crippen LogP contribution in [0.3, 0.4) is 0 Å². The maximum Gasteiger partial charge on any atom is 0.573 e. The second kappa shape index (κ2) is 8.69. The lowest BCUT2D eigenvalue weighted by Gasteiger charge is -2.32. The summed E-state index contributed by atoms with van der Waals surface area (Å²) < 4.78 is 68.3. The third-order valence-corrected chi connectivity index (χ3v) is 6.83. The van der Waals surface area contributed by atoms with Gasteiger partial charge in [-0.25, -0.2) is 8.42 Å². The molecule has 158 valence electrons. The van der Waals surface area contributed by atoms with E-state index in [0.29, 0.717) is 12.8 Å². The number of hydrogen-bond donors (Lipinski definition) is 1. The topological polar surface area (TPSA) is 75.7 Å². The lowest BCUT2D eigenvalue weighted by Crippen LogP contribution is -2.45. The van der Waals surface area contributed by atoms with Gasteiger partial charge in [-0.1, -0.05) is 26.0 Å². The van der Waals surface area contributed by atoms with E-state index in [-0.39, 0.29) is 36.9 Å². The predicted molar refractivity (Wildman–Crippen MR) is 97.1 cm³/mol. The Morgan fingerprint density at radius 1 is 1.18 bits per heavy atom. The second-order valence-electron chi connectivity index (χ2n) is 7.21.